The zero-order chi connectivity index (χ0) is 19.8. The largest absolute Gasteiger partial charge is 0.351 e. The lowest BCUT2D eigenvalue weighted by atomic mass is 9.97. The monoisotopic (exact) mass is 417 g/mol. The van der Waals surface area contributed by atoms with E-state index in [4.69, 9.17) is 23.2 Å². The van der Waals surface area contributed by atoms with Gasteiger partial charge in [0.2, 0.25) is 0 Å². The van der Waals surface area contributed by atoms with Crippen molar-refractivity contribution in [3.63, 3.8) is 0 Å². The van der Waals surface area contributed by atoms with Crippen LogP contribution < -0.4 is 10.2 Å². The van der Waals surface area contributed by atoms with E-state index in [2.05, 4.69) is 17.1 Å². The third-order valence-corrected chi connectivity index (χ3v) is 6.15. The van der Waals surface area contributed by atoms with Gasteiger partial charge in [0.1, 0.15) is 6.17 Å². The molecule has 0 aliphatic carbocycles. The summed E-state index contributed by atoms with van der Waals surface area (Å²) < 4.78 is 0. The number of carbonyl (C=O) groups excluding carboxylic acids is 2. The molecule has 0 bridgehead atoms. The normalized spacial score (nSPS) is 18.5. The highest BCUT2D eigenvalue weighted by atomic mass is 35.5. The summed E-state index contributed by atoms with van der Waals surface area (Å²) in [5, 5.41) is 3.65. The number of anilines is 2. The lowest BCUT2D eigenvalue weighted by molar-refractivity contribution is 0.0582. The van der Waals surface area contributed by atoms with Gasteiger partial charge < -0.3 is 15.1 Å². The molecule has 0 unspecified atom stereocenters. The first-order chi connectivity index (χ1) is 13.5. The fourth-order valence-electron chi connectivity index (χ4n) is 4.04. The second kappa shape index (κ2) is 7.64. The van der Waals surface area contributed by atoms with Gasteiger partial charge in [-0.25, -0.2) is 0 Å². The van der Waals surface area contributed by atoms with Crippen molar-refractivity contribution in [1.82, 2.24) is 4.90 Å². The highest BCUT2D eigenvalue weighted by Crippen LogP contribution is 2.36. The number of carbonyl (C=O) groups is 2. The molecule has 146 valence electrons. The highest BCUT2D eigenvalue weighted by molar-refractivity contribution is 6.42. The predicted octanol–water partition coefficient (Wildman–Crippen LogP) is 5.04. The Bertz CT molecular complexity index is 947. The van der Waals surface area contributed by atoms with Crippen LogP contribution in [0.4, 0.5) is 11.4 Å². The Morgan fingerprint density at radius 3 is 2.71 bits per heavy atom. The van der Waals surface area contributed by atoms with E-state index in [0.717, 1.165) is 38.0 Å². The summed E-state index contributed by atoms with van der Waals surface area (Å²) >= 11 is 12.0. The number of piperidine rings is 1. The average Bonchev–Trinajstić information content (AvgIpc) is 2.71. The first kappa shape index (κ1) is 19.1. The van der Waals surface area contributed by atoms with Gasteiger partial charge in [-0.3, -0.25) is 9.59 Å². The molecule has 2 aromatic rings. The molecule has 4 rings (SSSR count). The molecule has 1 N–H and O–H groups in total. The molecular formula is C21H21Cl2N3O2. The minimum Gasteiger partial charge on any atom is -0.351 e. The number of nitrogens with zero attached hydrogens (tertiary/aromatic N) is 2. The maximum atomic E-state index is 12.9. The van der Waals surface area contributed by atoms with Gasteiger partial charge in [0.15, 0.2) is 0 Å². The number of rotatable bonds is 3. The Labute approximate surface area is 174 Å². The molecule has 2 aliphatic rings. The summed E-state index contributed by atoms with van der Waals surface area (Å²) in [5.74, 6) is -0.198. The summed E-state index contributed by atoms with van der Waals surface area (Å²) in [7, 11) is 0. The molecule has 2 amide bonds. The van der Waals surface area contributed by atoms with E-state index in [1.165, 1.54) is 0 Å². The van der Waals surface area contributed by atoms with E-state index in [-0.39, 0.29) is 18.0 Å². The van der Waals surface area contributed by atoms with Crippen LogP contribution >= 0.6 is 23.2 Å². The van der Waals surface area contributed by atoms with Crippen LogP contribution in [0.1, 0.15) is 46.9 Å². The second-order valence-corrected chi connectivity index (χ2v) is 7.89. The average molecular weight is 418 g/mol. The van der Waals surface area contributed by atoms with E-state index in [0.29, 0.717) is 26.9 Å². The molecule has 0 saturated carbocycles. The summed E-state index contributed by atoms with van der Waals surface area (Å²) in [6, 6.07) is 10.2. The van der Waals surface area contributed by atoms with Gasteiger partial charge in [-0.05, 0) is 62.6 Å². The van der Waals surface area contributed by atoms with Crippen molar-refractivity contribution in [3.05, 3.63) is 57.6 Å². The number of nitrogens with one attached hydrogen (secondary N) is 1. The van der Waals surface area contributed by atoms with E-state index in [1.54, 1.807) is 30.3 Å². The minimum absolute atomic E-state index is 0.0563. The Kier molecular flexibility index (Phi) is 5.21. The van der Waals surface area contributed by atoms with Crippen LogP contribution in [-0.2, 0) is 0 Å². The molecule has 2 aliphatic heterocycles. The van der Waals surface area contributed by atoms with Crippen molar-refractivity contribution in [3.8, 4) is 0 Å². The quantitative estimate of drug-likeness (QED) is 0.760. The number of fused-ring (bicyclic) bond motifs is 2. The third-order valence-electron chi connectivity index (χ3n) is 5.41. The number of hydrogen-bond acceptors (Lipinski definition) is 3. The van der Waals surface area contributed by atoms with Gasteiger partial charge in [-0.1, -0.05) is 23.2 Å². The fraction of sp³-hybridized carbons (Fsp3) is 0.333. The van der Waals surface area contributed by atoms with Gasteiger partial charge in [0, 0.05) is 24.3 Å². The number of benzene rings is 2. The maximum absolute atomic E-state index is 12.9. The molecular weight excluding hydrogens is 397 g/mol. The Morgan fingerprint density at radius 1 is 1.14 bits per heavy atom. The highest BCUT2D eigenvalue weighted by Gasteiger charge is 2.38. The SMILES string of the molecule is CCN1c2cc(C(=O)Nc3ccc(Cl)c(Cl)c3)ccc2C(=O)N2CCCC[C@H]21. The number of amides is 2. The summed E-state index contributed by atoms with van der Waals surface area (Å²) in [6.45, 7) is 3.65. The second-order valence-electron chi connectivity index (χ2n) is 7.08. The van der Waals surface area contributed by atoms with Gasteiger partial charge in [0.25, 0.3) is 11.8 Å². The van der Waals surface area contributed by atoms with Crippen LogP contribution in [0, 0.1) is 0 Å². The molecule has 0 spiro atoms. The molecule has 1 saturated heterocycles. The molecule has 0 aromatic heterocycles. The zero-order valence-corrected chi connectivity index (χ0v) is 17.1. The molecule has 5 nitrogen and oxygen atoms in total. The van der Waals surface area contributed by atoms with Crippen molar-refractivity contribution in [2.75, 3.05) is 23.3 Å². The Hall–Kier alpha value is -2.24. The van der Waals surface area contributed by atoms with Crippen LogP contribution in [0.15, 0.2) is 36.4 Å². The van der Waals surface area contributed by atoms with Gasteiger partial charge in [-0.15, -0.1) is 0 Å². The molecule has 2 aromatic carbocycles. The lowest BCUT2D eigenvalue weighted by Gasteiger charge is -2.47. The summed E-state index contributed by atoms with van der Waals surface area (Å²) in [5.41, 5.74) is 2.56. The van der Waals surface area contributed by atoms with E-state index in [9.17, 15) is 9.59 Å². The van der Waals surface area contributed by atoms with Gasteiger partial charge in [0.05, 0.1) is 21.3 Å². The summed E-state index contributed by atoms with van der Waals surface area (Å²) in [4.78, 5) is 29.9. The van der Waals surface area contributed by atoms with Gasteiger partial charge >= 0.3 is 0 Å². The topological polar surface area (TPSA) is 52.7 Å². The van der Waals surface area contributed by atoms with Crippen LogP contribution in [0.2, 0.25) is 10.0 Å². The van der Waals surface area contributed by atoms with Gasteiger partial charge in [-0.2, -0.15) is 0 Å². The number of hydrogen-bond donors (Lipinski definition) is 1. The lowest BCUT2D eigenvalue weighted by Crippen LogP contribution is -2.57. The molecule has 7 heteroatoms. The van der Waals surface area contributed by atoms with Crippen LogP contribution in [0.3, 0.4) is 0 Å². The fourth-order valence-corrected chi connectivity index (χ4v) is 4.34. The van der Waals surface area contributed by atoms with Crippen LogP contribution in [-0.4, -0.2) is 36.0 Å². The van der Waals surface area contributed by atoms with Crippen LogP contribution in [0.5, 0.6) is 0 Å². The first-order valence-corrected chi connectivity index (χ1v) is 10.2. The Balaban J connectivity index is 1.65. The van der Waals surface area contributed by atoms with E-state index < -0.39 is 0 Å². The van der Waals surface area contributed by atoms with E-state index >= 15 is 0 Å². The van der Waals surface area contributed by atoms with Crippen molar-refractivity contribution in [2.24, 2.45) is 0 Å². The van der Waals surface area contributed by atoms with Crippen molar-refractivity contribution in [2.45, 2.75) is 32.4 Å². The molecule has 2 heterocycles. The maximum Gasteiger partial charge on any atom is 0.257 e. The first-order valence-electron chi connectivity index (χ1n) is 9.47. The predicted molar refractivity (Wildman–Crippen MR) is 113 cm³/mol. The van der Waals surface area contributed by atoms with Crippen molar-refractivity contribution >= 4 is 46.4 Å². The molecule has 1 fully saturated rings. The van der Waals surface area contributed by atoms with Crippen LogP contribution in [0.25, 0.3) is 0 Å². The molecule has 0 radical (unpaired) electrons. The minimum atomic E-state index is -0.254. The third kappa shape index (κ3) is 3.33. The Morgan fingerprint density at radius 2 is 1.96 bits per heavy atom. The smallest absolute Gasteiger partial charge is 0.257 e. The zero-order valence-electron chi connectivity index (χ0n) is 15.5. The van der Waals surface area contributed by atoms with Crippen molar-refractivity contribution < 1.29 is 9.59 Å². The van der Waals surface area contributed by atoms with Crippen molar-refractivity contribution in [1.29, 1.82) is 0 Å². The van der Waals surface area contributed by atoms with E-state index in [1.807, 2.05) is 11.0 Å². The molecule has 28 heavy (non-hydrogen) atoms. The molecule has 1 atom stereocenters. The standard InChI is InChI=1S/C21H21Cl2N3O2/c1-2-25-18-11-13(20(27)24-14-7-9-16(22)17(23)12-14)6-8-15(18)21(28)26-10-4-3-5-19(25)26/h6-9,11-12,19H,2-5,10H2,1H3,(H,24,27)/t19-/m0/s1. The summed E-state index contributed by atoms with van der Waals surface area (Å²) in [6.07, 6.45) is 3.18. The number of halogens is 2.